The average Bonchev–Trinajstić information content (AvgIpc) is 3.18. The van der Waals surface area contributed by atoms with Crippen LogP contribution in [0, 0.1) is 11.6 Å². The van der Waals surface area contributed by atoms with Gasteiger partial charge >= 0.3 is 0 Å². The molecule has 0 saturated carbocycles. The smallest absolute Gasteiger partial charge is 0.253 e. The Labute approximate surface area is 154 Å². The third-order valence-corrected chi connectivity index (χ3v) is 4.65. The summed E-state index contributed by atoms with van der Waals surface area (Å²) < 4.78 is 32.2. The number of amides is 1. The number of likely N-dealkylation sites (tertiary alicyclic amines) is 1. The van der Waals surface area contributed by atoms with Gasteiger partial charge in [-0.3, -0.25) is 4.79 Å². The van der Waals surface area contributed by atoms with Crippen LogP contribution in [0.3, 0.4) is 0 Å². The summed E-state index contributed by atoms with van der Waals surface area (Å²) >= 11 is 0. The van der Waals surface area contributed by atoms with Crippen molar-refractivity contribution in [1.82, 2.24) is 15.0 Å². The van der Waals surface area contributed by atoms with Crippen LogP contribution in [0.5, 0.6) is 0 Å². The Bertz CT molecular complexity index is 973. The largest absolute Gasteiger partial charge is 0.339 e. The van der Waals surface area contributed by atoms with Gasteiger partial charge < -0.3 is 9.42 Å². The number of carbonyl (C=O) groups excluding carboxylic acids is 1. The molecule has 5 nitrogen and oxygen atoms in total. The number of piperidine rings is 1. The number of benzene rings is 2. The molecule has 1 fully saturated rings. The van der Waals surface area contributed by atoms with Crippen LogP contribution in [0.25, 0.3) is 11.4 Å². The zero-order chi connectivity index (χ0) is 18.8. The highest BCUT2D eigenvalue weighted by molar-refractivity contribution is 5.94. The average molecular weight is 369 g/mol. The van der Waals surface area contributed by atoms with Crippen molar-refractivity contribution in [3.8, 4) is 11.4 Å². The summed E-state index contributed by atoms with van der Waals surface area (Å²) in [6.07, 6.45) is 1.58. The van der Waals surface area contributed by atoms with Crippen molar-refractivity contribution in [2.24, 2.45) is 0 Å². The number of halogens is 2. The molecule has 0 bridgehead atoms. The lowest BCUT2D eigenvalue weighted by atomic mass is 9.97. The Balaban J connectivity index is 1.51. The summed E-state index contributed by atoms with van der Waals surface area (Å²) in [6, 6.07) is 11.6. The first kappa shape index (κ1) is 17.3. The van der Waals surface area contributed by atoms with Crippen LogP contribution in [-0.4, -0.2) is 34.0 Å². The molecule has 1 aromatic heterocycles. The number of aromatic nitrogens is 2. The van der Waals surface area contributed by atoms with E-state index in [1.54, 1.807) is 23.1 Å². The van der Waals surface area contributed by atoms with Crippen molar-refractivity contribution in [2.75, 3.05) is 13.1 Å². The topological polar surface area (TPSA) is 59.2 Å². The maximum Gasteiger partial charge on any atom is 0.253 e. The van der Waals surface area contributed by atoms with Gasteiger partial charge in [-0.1, -0.05) is 23.4 Å². The van der Waals surface area contributed by atoms with Gasteiger partial charge in [-0.05, 0) is 43.2 Å². The predicted molar refractivity (Wildman–Crippen MR) is 94.0 cm³/mol. The minimum Gasteiger partial charge on any atom is -0.339 e. The lowest BCUT2D eigenvalue weighted by Gasteiger charge is -2.31. The number of nitrogens with zero attached hydrogens (tertiary/aromatic N) is 3. The van der Waals surface area contributed by atoms with E-state index in [4.69, 9.17) is 4.52 Å². The van der Waals surface area contributed by atoms with Crippen LogP contribution in [0.2, 0.25) is 0 Å². The first-order valence-corrected chi connectivity index (χ1v) is 8.74. The molecule has 0 aliphatic carbocycles. The zero-order valence-electron chi connectivity index (χ0n) is 14.4. The van der Waals surface area contributed by atoms with Crippen LogP contribution in [-0.2, 0) is 0 Å². The molecule has 1 amide bonds. The molecule has 4 rings (SSSR count). The van der Waals surface area contributed by atoms with Crippen LogP contribution < -0.4 is 0 Å². The van der Waals surface area contributed by atoms with Crippen molar-refractivity contribution in [2.45, 2.75) is 18.8 Å². The van der Waals surface area contributed by atoms with Crippen molar-refractivity contribution in [3.63, 3.8) is 0 Å². The van der Waals surface area contributed by atoms with Crippen LogP contribution in [0.1, 0.15) is 35.0 Å². The molecule has 1 atom stereocenters. The molecule has 1 aliphatic heterocycles. The number of carbonyl (C=O) groups is 1. The standard InChI is InChI=1S/C20H17F2N3O2/c21-16-7-1-4-13(10-16)18-23-19(27-24-18)15-6-3-9-25(12-15)20(26)14-5-2-8-17(22)11-14/h1-2,4-5,7-8,10-11,15H,3,6,9,12H2. The lowest BCUT2D eigenvalue weighted by molar-refractivity contribution is 0.0695. The molecule has 3 aromatic rings. The predicted octanol–water partition coefficient (Wildman–Crippen LogP) is 4.03. The van der Waals surface area contributed by atoms with Crippen LogP contribution >= 0.6 is 0 Å². The van der Waals surface area contributed by atoms with E-state index in [2.05, 4.69) is 10.1 Å². The van der Waals surface area contributed by atoms with E-state index < -0.39 is 5.82 Å². The monoisotopic (exact) mass is 369 g/mol. The van der Waals surface area contributed by atoms with Crippen LogP contribution in [0.15, 0.2) is 53.1 Å². The molecule has 138 valence electrons. The molecule has 1 saturated heterocycles. The first-order valence-electron chi connectivity index (χ1n) is 8.74. The van der Waals surface area contributed by atoms with Gasteiger partial charge in [-0.2, -0.15) is 4.98 Å². The summed E-state index contributed by atoms with van der Waals surface area (Å²) in [5.74, 6) is -0.395. The van der Waals surface area contributed by atoms with E-state index in [-0.39, 0.29) is 17.6 Å². The van der Waals surface area contributed by atoms with E-state index in [9.17, 15) is 13.6 Å². The molecule has 27 heavy (non-hydrogen) atoms. The minimum absolute atomic E-state index is 0.105. The summed E-state index contributed by atoms with van der Waals surface area (Å²) in [6.45, 7) is 1.01. The fourth-order valence-electron chi connectivity index (χ4n) is 3.31. The van der Waals surface area contributed by atoms with E-state index in [0.29, 0.717) is 35.9 Å². The van der Waals surface area contributed by atoms with Gasteiger partial charge in [0.25, 0.3) is 5.91 Å². The van der Waals surface area contributed by atoms with Gasteiger partial charge in [-0.25, -0.2) is 8.78 Å². The second-order valence-electron chi connectivity index (χ2n) is 6.57. The quantitative estimate of drug-likeness (QED) is 0.699. The Morgan fingerprint density at radius 2 is 1.89 bits per heavy atom. The van der Waals surface area contributed by atoms with Crippen molar-refractivity contribution in [1.29, 1.82) is 0 Å². The Kier molecular flexibility index (Phi) is 4.66. The van der Waals surface area contributed by atoms with Gasteiger partial charge in [0.2, 0.25) is 11.7 Å². The van der Waals surface area contributed by atoms with E-state index in [1.807, 2.05) is 0 Å². The fourth-order valence-corrected chi connectivity index (χ4v) is 3.31. The second-order valence-corrected chi connectivity index (χ2v) is 6.57. The molecule has 0 spiro atoms. The third kappa shape index (κ3) is 3.72. The van der Waals surface area contributed by atoms with Gasteiger partial charge in [0.15, 0.2) is 0 Å². The van der Waals surface area contributed by atoms with E-state index >= 15 is 0 Å². The molecular weight excluding hydrogens is 352 g/mol. The first-order chi connectivity index (χ1) is 13.1. The van der Waals surface area contributed by atoms with Gasteiger partial charge in [0.05, 0.1) is 5.92 Å². The van der Waals surface area contributed by atoms with E-state index in [0.717, 1.165) is 12.8 Å². The molecule has 1 aliphatic rings. The van der Waals surface area contributed by atoms with E-state index in [1.165, 1.54) is 30.3 Å². The molecule has 0 radical (unpaired) electrons. The molecule has 2 heterocycles. The highest BCUT2D eigenvalue weighted by atomic mass is 19.1. The third-order valence-electron chi connectivity index (χ3n) is 4.65. The lowest BCUT2D eigenvalue weighted by Crippen LogP contribution is -2.39. The molecule has 7 heteroatoms. The maximum absolute atomic E-state index is 13.4. The summed E-state index contributed by atoms with van der Waals surface area (Å²) in [5.41, 5.74) is 0.857. The molecule has 0 N–H and O–H groups in total. The van der Waals surface area contributed by atoms with Crippen molar-refractivity contribution >= 4 is 5.91 Å². The second kappa shape index (κ2) is 7.26. The Hall–Kier alpha value is -3.09. The van der Waals surface area contributed by atoms with Crippen molar-refractivity contribution in [3.05, 3.63) is 71.6 Å². The van der Waals surface area contributed by atoms with Crippen molar-refractivity contribution < 1.29 is 18.1 Å². The van der Waals surface area contributed by atoms with Gasteiger partial charge in [0, 0.05) is 24.2 Å². The highest BCUT2D eigenvalue weighted by Crippen LogP contribution is 2.28. The Morgan fingerprint density at radius 1 is 1.11 bits per heavy atom. The Morgan fingerprint density at radius 3 is 2.67 bits per heavy atom. The summed E-state index contributed by atoms with van der Waals surface area (Å²) in [4.78, 5) is 18.7. The molecule has 2 aromatic carbocycles. The highest BCUT2D eigenvalue weighted by Gasteiger charge is 2.29. The number of rotatable bonds is 3. The maximum atomic E-state index is 13.4. The molecule has 1 unspecified atom stereocenters. The summed E-state index contributed by atoms with van der Waals surface area (Å²) in [7, 11) is 0. The minimum atomic E-state index is -0.439. The summed E-state index contributed by atoms with van der Waals surface area (Å²) in [5, 5.41) is 3.94. The fraction of sp³-hybridized carbons (Fsp3) is 0.250. The number of hydrogen-bond acceptors (Lipinski definition) is 4. The molecular formula is C20H17F2N3O2. The normalized spacial score (nSPS) is 17.1. The van der Waals surface area contributed by atoms with Gasteiger partial charge in [-0.15, -0.1) is 0 Å². The zero-order valence-corrected chi connectivity index (χ0v) is 14.4. The van der Waals surface area contributed by atoms with Crippen LogP contribution in [0.4, 0.5) is 8.78 Å². The van der Waals surface area contributed by atoms with Gasteiger partial charge in [0.1, 0.15) is 11.6 Å². The SMILES string of the molecule is O=C(c1cccc(F)c1)N1CCCC(c2nc(-c3cccc(F)c3)no2)C1. The number of hydrogen-bond donors (Lipinski definition) is 0.